The zero-order chi connectivity index (χ0) is 9.80. The second-order valence-electron chi connectivity index (χ2n) is 3.07. The zero-order valence-corrected chi connectivity index (χ0v) is 7.70. The molecule has 0 unspecified atom stereocenters. The highest BCUT2D eigenvalue weighted by Gasteiger charge is 1.94. The molecule has 2 aromatic carbocycles. The van der Waals surface area contributed by atoms with Crippen molar-refractivity contribution >= 4 is 0 Å². The average molecular weight is 177 g/mol. The molecule has 14 heavy (non-hydrogen) atoms. The molecule has 0 N–H and O–H groups in total. The van der Waals surface area contributed by atoms with E-state index in [-0.39, 0.29) is 0 Å². The molecule has 0 aliphatic carbocycles. The van der Waals surface area contributed by atoms with Gasteiger partial charge in [-0.3, -0.25) is 0 Å². The van der Waals surface area contributed by atoms with Crippen LogP contribution in [0.15, 0.2) is 54.6 Å². The van der Waals surface area contributed by atoms with Gasteiger partial charge in [-0.05, 0) is 29.7 Å². The molecule has 0 aliphatic heterocycles. The lowest BCUT2D eigenvalue weighted by Gasteiger charge is -2.00. The van der Waals surface area contributed by atoms with Crippen molar-refractivity contribution in [2.75, 3.05) is 0 Å². The summed E-state index contributed by atoms with van der Waals surface area (Å²) in [7, 11) is 0. The van der Waals surface area contributed by atoms with Crippen LogP contribution in [0.2, 0.25) is 0 Å². The lowest BCUT2D eigenvalue weighted by molar-refractivity contribution is 1.59. The molecule has 0 fully saturated rings. The summed E-state index contributed by atoms with van der Waals surface area (Å²) in [5, 5.41) is 0. The molecule has 0 aliphatic rings. The fourth-order valence-corrected chi connectivity index (χ4v) is 1.38. The highest BCUT2D eigenvalue weighted by molar-refractivity contribution is 5.63. The van der Waals surface area contributed by atoms with Crippen molar-refractivity contribution in [2.24, 2.45) is 0 Å². The molecule has 0 spiro atoms. The monoisotopic (exact) mass is 177 g/mol. The van der Waals surface area contributed by atoms with E-state index in [9.17, 15) is 0 Å². The molecule has 0 saturated heterocycles. The quantitative estimate of drug-likeness (QED) is 0.586. The molecule has 0 nitrogen and oxygen atoms in total. The summed E-state index contributed by atoms with van der Waals surface area (Å²) in [6.07, 6.45) is 6.97. The van der Waals surface area contributed by atoms with Crippen molar-refractivity contribution in [3.05, 3.63) is 66.6 Å². The van der Waals surface area contributed by atoms with Crippen molar-refractivity contribution in [2.45, 2.75) is 0 Å². The van der Waals surface area contributed by atoms with Crippen LogP contribution in [0, 0.1) is 12.3 Å². The highest BCUT2D eigenvalue weighted by Crippen LogP contribution is 2.18. The van der Waals surface area contributed by atoms with Crippen LogP contribution in [-0.2, 0) is 0 Å². The van der Waals surface area contributed by atoms with Gasteiger partial charge in [0.25, 0.3) is 0 Å². The summed E-state index contributed by atoms with van der Waals surface area (Å²) >= 11 is 0. The van der Waals surface area contributed by atoms with Gasteiger partial charge in [0.15, 0.2) is 0 Å². The molecule has 0 heterocycles. The summed E-state index contributed by atoms with van der Waals surface area (Å²) < 4.78 is 0. The Balaban J connectivity index is 2.40. The summed E-state index contributed by atoms with van der Waals surface area (Å²) in [6, 6.07) is 18.0. The second kappa shape index (κ2) is 3.81. The molecule has 65 valence electrons. The van der Waals surface area contributed by atoms with Gasteiger partial charge in [-0.2, -0.15) is 0 Å². The normalized spacial score (nSPS) is 9.36. The molecule has 2 aromatic rings. The minimum atomic E-state index is 0.810. The van der Waals surface area contributed by atoms with Gasteiger partial charge in [-0.1, -0.05) is 48.4 Å². The minimum absolute atomic E-state index is 0.810. The van der Waals surface area contributed by atoms with Gasteiger partial charge in [0.05, 0.1) is 0 Å². The first kappa shape index (κ1) is 8.59. The maximum Gasteiger partial charge on any atom is 0.0255 e. The van der Waals surface area contributed by atoms with Crippen LogP contribution in [0.4, 0.5) is 0 Å². The van der Waals surface area contributed by atoms with E-state index in [1.165, 1.54) is 11.1 Å². The van der Waals surface area contributed by atoms with Crippen LogP contribution >= 0.6 is 0 Å². The lowest BCUT2D eigenvalue weighted by Crippen LogP contribution is -1.77. The van der Waals surface area contributed by atoms with E-state index in [0.29, 0.717) is 0 Å². The molecule has 1 radical (unpaired) electrons. The summed E-state index contributed by atoms with van der Waals surface area (Å²) in [4.78, 5) is 0. The lowest BCUT2D eigenvalue weighted by atomic mass is 10.0. The summed E-state index contributed by atoms with van der Waals surface area (Å²) in [5.41, 5.74) is 3.18. The molecule has 0 amide bonds. The maximum atomic E-state index is 6.97. The molecular weight excluding hydrogens is 168 g/mol. The molecule has 0 saturated carbocycles. The summed E-state index contributed by atoms with van der Waals surface area (Å²) in [6.45, 7) is 0. The highest BCUT2D eigenvalue weighted by atomic mass is 14.0. The molecule has 0 bridgehead atoms. The zero-order valence-electron chi connectivity index (χ0n) is 7.70. The standard InChI is InChI=1S/C14H9/c1-2-12-8-10-14(11-9-12)13-6-4-3-5-7-13/h3-11H. The Labute approximate surface area is 84.2 Å². The van der Waals surface area contributed by atoms with Gasteiger partial charge in [0.1, 0.15) is 0 Å². The minimum Gasteiger partial charge on any atom is -0.0622 e. The third-order valence-corrected chi connectivity index (χ3v) is 2.14. The Hall–Kier alpha value is -2.00. The van der Waals surface area contributed by atoms with Gasteiger partial charge < -0.3 is 0 Å². The third kappa shape index (κ3) is 1.67. The van der Waals surface area contributed by atoms with Crippen LogP contribution in [0.3, 0.4) is 0 Å². The van der Waals surface area contributed by atoms with E-state index >= 15 is 0 Å². The fourth-order valence-electron chi connectivity index (χ4n) is 1.38. The Bertz CT molecular complexity index is 444. The first-order valence-electron chi connectivity index (χ1n) is 4.48. The van der Waals surface area contributed by atoms with Crippen molar-refractivity contribution in [3.8, 4) is 17.0 Å². The van der Waals surface area contributed by atoms with Gasteiger partial charge in [0.2, 0.25) is 0 Å². The van der Waals surface area contributed by atoms with E-state index in [1.54, 1.807) is 0 Å². The molecule has 2 rings (SSSR count). The molecule has 0 aromatic heterocycles. The van der Waals surface area contributed by atoms with Gasteiger partial charge in [-0.15, -0.1) is 0 Å². The van der Waals surface area contributed by atoms with Gasteiger partial charge in [0, 0.05) is 5.56 Å². The smallest absolute Gasteiger partial charge is 0.0255 e. The van der Waals surface area contributed by atoms with E-state index in [2.05, 4.69) is 18.1 Å². The Morgan fingerprint density at radius 3 is 1.86 bits per heavy atom. The largest absolute Gasteiger partial charge is 0.0622 e. The van der Waals surface area contributed by atoms with Crippen molar-refractivity contribution < 1.29 is 0 Å². The predicted molar refractivity (Wildman–Crippen MR) is 58.1 cm³/mol. The van der Waals surface area contributed by atoms with Crippen molar-refractivity contribution in [3.63, 3.8) is 0 Å². The van der Waals surface area contributed by atoms with Gasteiger partial charge >= 0.3 is 0 Å². The number of hydrogen-bond donors (Lipinski definition) is 0. The van der Waals surface area contributed by atoms with E-state index < -0.39 is 0 Å². The average Bonchev–Trinajstić information content (AvgIpc) is 2.30. The SMILES string of the molecule is [C]#Cc1ccc(-c2ccccc2)cc1. The van der Waals surface area contributed by atoms with Crippen LogP contribution < -0.4 is 0 Å². The van der Waals surface area contributed by atoms with Crippen LogP contribution in [-0.4, -0.2) is 0 Å². The first-order chi connectivity index (χ1) is 6.90. The molecule has 0 heteroatoms. The van der Waals surface area contributed by atoms with Crippen LogP contribution in [0.5, 0.6) is 0 Å². The van der Waals surface area contributed by atoms with Crippen molar-refractivity contribution in [1.29, 1.82) is 0 Å². The number of rotatable bonds is 1. The number of benzene rings is 2. The molecular formula is C14H9. The van der Waals surface area contributed by atoms with Crippen LogP contribution in [0.25, 0.3) is 11.1 Å². The number of hydrogen-bond acceptors (Lipinski definition) is 0. The Kier molecular flexibility index (Phi) is 2.34. The first-order valence-corrected chi connectivity index (χ1v) is 4.48. The van der Waals surface area contributed by atoms with Crippen molar-refractivity contribution in [1.82, 2.24) is 0 Å². The maximum absolute atomic E-state index is 6.97. The van der Waals surface area contributed by atoms with E-state index in [4.69, 9.17) is 6.42 Å². The predicted octanol–water partition coefficient (Wildman–Crippen LogP) is 3.29. The fraction of sp³-hybridized carbons (Fsp3) is 0. The van der Waals surface area contributed by atoms with E-state index in [0.717, 1.165) is 5.56 Å². The van der Waals surface area contributed by atoms with Gasteiger partial charge in [-0.25, -0.2) is 0 Å². The molecule has 0 atom stereocenters. The van der Waals surface area contributed by atoms with Crippen LogP contribution in [0.1, 0.15) is 5.56 Å². The second-order valence-corrected chi connectivity index (χ2v) is 3.07. The van der Waals surface area contributed by atoms with E-state index in [1.807, 2.05) is 42.5 Å². The summed E-state index contributed by atoms with van der Waals surface area (Å²) in [5.74, 6) is 2.36. The third-order valence-electron chi connectivity index (χ3n) is 2.14. The Morgan fingerprint density at radius 2 is 1.29 bits per heavy atom. The topological polar surface area (TPSA) is 0 Å². The Morgan fingerprint density at radius 1 is 0.714 bits per heavy atom.